The maximum absolute atomic E-state index is 11.4. The van der Waals surface area contributed by atoms with Gasteiger partial charge in [0, 0.05) is 55.1 Å². The number of aryl methyl sites for hydroxylation is 1. The van der Waals surface area contributed by atoms with Crippen LogP contribution in [-0.4, -0.2) is 50.9 Å². The van der Waals surface area contributed by atoms with Gasteiger partial charge >= 0.3 is 5.97 Å². The van der Waals surface area contributed by atoms with Gasteiger partial charge in [0.15, 0.2) is 5.69 Å². The van der Waals surface area contributed by atoms with E-state index in [1.807, 2.05) is 13.8 Å². The number of carboxylic acid groups (broad SMARTS) is 1. The van der Waals surface area contributed by atoms with Crippen LogP contribution in [-0.2, 0) is 13.0 Å². The summed E-state index contributed by atoms with van der Waals surface area (Å²) in [6.07, 6.45) is 3.09. The third kappa shape index (κ3) is 2.71. The van der Waals surface area contributed by atoms with Crippen molar-refractivity contribution in [1.29, 1.82) is 0 Å². The van der Waals surface area contributed by atoms with E-state index in [4.69, 9.17) is 4.98 Å². The lowest BCUT2D eigenvalue weighted by molar-refractivity contribution is 0.0689. The molecule has 0 bridgehead atoms. The van der Waals surface area contributed by atoms with E-state index in [-0.39, 0.29) is 5.69 Å². The Morgan fingerprint density at radius 1 is 1.12 bits per heavy atom. The summed E-state index contributed by atoms with van der Waals surface area (Å²) < 4.78 is 0. The largest absolute Gasteiger partial charge is 0.476 e. The Hall–Kier alpha value is -2.64. The van der Waals surface area contributed by atoms with Gasteiger partial charge in [-0.3, -0.25) is 5.10 Å². The highest BCUT2D eigenvalue weighted by Crippen LogP contribution is 2.29. The topological polar surface area (TPSA) is 98.2 Å². The van der Waals surface area contributed by atoms with Gasteiger partial charge in [-0.25, -0.2) is 9.78 Å². The molecule has 4 rings (SSSR count). The van der Waals surface area contributed by atoms with Crippen LogP contribution in [0.5, 0.6) is 0 Å². The zero-order chi connectivity index (χ0) is 17.6. The Balaban J connectivity index is 1.69. The summed E-state index contributed by atoms with van der Waals surface area (Å²) in [5, 5.41) is 16.2. The van der Waals surface area contributed by atoms with Crippen molar-refractivity contribution in [3.05, 3.63) is 28.2 Å². The third-order valence-electron chi connectivity index (χ3n) is 5.18. The van der Waals surface area contributed by atoms with Gasteiger partial charge in [0.2, 0.25) is 5.95 Å². The van der Waals surface area contributed by atoms with Crippen molar-refractivity contribution in [1.82, 2.24) is 20.2 Å². The standard InChI is InChI=1S/C17H22N6O2/c1-10-11(2)18-17(22-6-3-4-7-22)19-15(10)23-8-5-13-12(9-23)14(16(24)25)21-20-13/h3-9H2,1-2H3,(H,20,21)(H,24,25). The Morgan fingerprint density at radius 3 is 2.60 bits per heavy atom. The van der Waals surface area contributed by atoms with Crippen LogP contribution in [0.4, 0.5) is 11.8 Å². The van der Waals surface area contributed by atoms with Crippen molar-refractivity contribution >= 4 is 17.7 Å². The molecule has 1 saturated heterocycles. The minimum Gasteiger partial charge on any atom is -0.476 e. The number of aromatic nitrogens is 4. The SMILES string of the molecule is Cc1nc(N2CCCC2)nc(N2CCc3[nH]nc(C(=O)O)c3C2)c1C. The number of nitrogens with zero attached hydrogens (tertiary/aromatic N) is 5. The first-order valence-corrected chi connectivity index (χ1v) is 8.69. The first-order valence-electron chi connectivity index (χ1n) is 8.69. The monoisotopic (exact) mass is 342 g/mol. The van der Waals surface area contributed by atoms with E-state index in [1.165, 1.54) is 12.8 Å². The summed E-state index contributed by atoms with van der Waals surface area (Å²) in [4.78, 5) is 25.3. The molecule has 0 spiro atoms. The Labute approximate surface area is 145 Å². The maximum Gasteiger partial charge on any atom is 0.356 e. The van der Waals surface area contributed by atoms with Gasteiger partial charge < -0.3 is 14.9 Å². The van der Waals surface area contributed by atoms with E-state index in [9.17, 15) is 9.90 Å². The Morgan fingerprint density at radius 2 is 1.88 bits per heavy atom. The number of hydrogen-bond donors (Lipinski definition) is 2. The number of nitrogens with one attached hydrogen (secondary N) is 1. The number of rotatable bonds is 3. The molecule has 0 atom stereocenters. The molecule has 2 aromatic rings. The zero-order valence-electron chi connectivity index (χ0n) is 14.5. The summed E-state index contributed by atoms with van der Waals surface area (Å²) >= 11 is 0. The number of carbonyl (C=O) groups is 1. The second-order valence-corrected chi connectivity index (χ2v) is 6.76. The maximum atomic E-state index is 11.4. The molecule has 2 N–H and O–H groups in total. The van der Waals surface area contributed by atoms with Gasteiger partial charge in [0.25, 0.3) is 0 Å². The first kappa shape index (κ1) is 15.9. The summed E-state index contributed by atoms with van der Waals surface area (Å²) in [5.74, 6) is 0.692. The Kier molecular flexibility index (Phi) is 3.82. The first-order chi connectivity index (χ1) is 12.0. The second-order valence-electron chi connectivity index (χ2n) is 6.76. The molecule has 2 aliphatic heterocycles. The minimum absolute atomic E-state index is 0.114. The Bertz CT molecular complexity index is 825. The molecule has 8 nitrogen and oxygen atoms in total. The molecule has 4 heterocycles. The van der Waals surface area contributed by atoms with Crippen LogP contribution in [0.3, 0.4) is 0 Å². The fraction of sp³-hybridized carbons (Fsp3) is 0.529. The van der Waals surface area contributed by atoms with Gasteiger partial charge in [0.05, 0.1) is 0 Å². The molecule has 0 aromatic carbocycles. The third-order valence-corrected chi connectivity index (χ3v) is 5.18. The van der Waals surface area contributed by atoms with E-state index in [2.05, 4.69) is 25.0 Å². The molecule has 132 valence electrons. The van der Waals surface area contributed by atoms with Gasteiger partial charge in [0.1, 0.15) is 5.82 Å². The molecule has 0 unspecified atom stereocenters. The summed E-state index contributed by atoms with van der Waals surface area (Å²) in [7, 11) is 0. The van der Waals surface area contributed by atoms with Crippen LogP contribution in [0, 0.1) is 13.8 Å². The lowest BCUT2D eigenvalue weighted by Crippen LogP contribution is -2.33. The molecule has 1 fully saturated rings. The summed E-state index contributed by atoms with van der Waals surface area (Å²) in [6.45, 7) is 7.32. The summed E-state index contributed by atoms with van der Waals surface area (Å²) in [6, 6.07) is 0. The van der Waals surface area contributed by atoms with E-state index in [0.29, 0.717) is 6.54 Å². The van der Waals surface area contributed by atoms with E-state index < -0.39 is 5.97 Å². The number of carboxylic acids is 1. The molecule has 25 heavy (non-hydrogen) atoms. The molecule has 2 aromatic heterocycles. The molecule has 2 aliphatic rings. The molecule has 8 heteroatoms. The van der Waals surface area contributed by atoms with Crippen LogP contribution >= 0.6 is 0 Å². The lowest BCUT2D eigenvalue weighted by atomic mass is 10.0. The molecule has 0 amide bonds. The van der Waals surface area contributed by atoms with Crippen molar-refractivity contribution in [2.24, 2.45) is 0 Å². The van der Waals surface area contributed by atoms with Gasteiger partial charge in [-0.05, 0) is 26.7 Å². The number of aromatic carboxylic acids is 1. The van der Waals surface area contributed by atoms with E-state index in [1.54, 1.807) is 0 Å². The lowest BCUT2D eigenvalue weighted by Gasteiger charge is -2.30. The van der Waals surface area contributed by atoms with Crippen LogP contribution in [0.2, 0.25) is 0 Å². The summed E-state index contributed by atoms with van der Waals surface area (Å²) in [5.41, 5.74) is 3.81. The number of hydrogen-bond acceptors (Lipinski definition) is 6. The van der Waals surface area contributed by atoms with Crippen LogP contribution in [0.25, 0.3) is 0 Å². The van der Waals surface area contributed by atoms with Gasteiger partial charge in [-0.1, -0.05) is 0 Å². The number of anilines is 2. The second kappa shape index (κ2) is 6.02. The highest BCUT2D eigenvalue weighted by molar-refractivity contribution is 5.87. The van der Waals surface area contributed by atoms with Crippen LogP contribution in [0.15, 0.2) is 0 Å². The van der Waals surface area contributed by atoms with Gasteiger partial charge in [-0.2, -0.15) is 10.1 Å². The highest BCUT2D eigenvalue weighted by atomic mass is 16.4. The van der Waals surface area contributed by atoms with Crippen molar-refractivity contribution in [2.45, 2.75) is 39.7 Å². The number of fused-ring (bicyclic) bond motifs is 1. The normalized spacial score (nSPS) is 17.0. The molecular formula is C17H22N6O2. The van der Waals surface area contributed by atoms with Crippen molar-refractivity contribution in [3.63, 3.8) is 0 Å². The van der Waals surface area contributed by atoms with E-state index >= 15 is 0 Å². The smallest absolute Gasteiger partial charge is 0.356 e. The number of H-pyrrole nitrogens is 1. The van der Waals surface area contributed by atoms with Crippen LogP contribution in [0.1, 0.15) is 45.8 Å². The highest BCUT2D eigenvalue weighted by Gasteiger charge is 2.28. The average Bonchev–Trinajstić information content (AvgIpc) is 3.25. The fourth-order valence-electron chi connectivity index (χ4n) is 3.62. The average molecular weight is 342 g/mol. The van der Waals surface area contributed by atoms with Gasteiger partial charge in [-0.15, -0.1) is 0 Å². The van der Waals surface area contributed by atoms with Crippen LogP contribution < -0.4 is 9.80 Å². The zero-order valence-corrected chi connectivity index (χ0v) is 14.5. The minimum atomic E-state index is -0.993. The number of aromatic amines is 1. The van der Waals surface area contributed by atoms with Crippen molar-refractivity contribution < 1.29 is 9.90 Å². The predicted molar refractivity (Wildman–Crippen MR) is 93.3 cm³/mol. The predicted octanol–water partition coefficient (Wildman–Crippen LogP) is 1.68. The molecular weight excluding hydrogens is 320 g/mol. The van der Waals surface area contributed by atoms with Crippen molar-refractivity contribution in [2.75, 3.05) is 29.4 Å². The van der Waals surface area contributed by atoms with Crippen molar-refractivity contribution in [3.8, 4) is 0 Å². The van der Waals surface area contributed by atoms with E-state index in [0.717, 1.165) is 60.3 Å². The molecule has 0 aliphatic carbocycles. The molecule has 0 saturated carbocycles. The molecule has 0 radical (unpaired) electrons. The fourth-order valence-corrected chi connectivity index (χ4v) is 3.62. The quantitative estimate of drug-likeness (QED) is 0.875.